The Morgan fingerprint density at radius 2 is 2.16 bits per heavy atom. The molecule has 1 aromatic heterocycles. The standard InChI is InChI=1S/C18H26N6O/c1-3-19-18(21-12-16-23-22-13-24(16)2)20-11-15-9-10-25-17(15)14-7-5-4-6-8-14/h4-8,13,15,17H,3,9-12H2,1-2H3,(H2,19,20,21). The summed E-state index contributed by atoms with van der Waals surface area (Å²) < 4.78 is 7.83. The van der Waals surface area contributed by atoms with Gasteiger partial charge in [-0.25, -0.2) is 4.99 Å². The molecule has 1 fully saturated rings. The van der Waals surface area contributed by atoms with Crippen molar-refractivity contribution in [3.63, 3.8) is 0 Å². The molecule has 25 heavy (non-hydrogen) atoms. The van der Waals surface area contributed by atoms with Gasteiger partial charge in [0, 0.05) is 32.7 Å². The van der Waals surface area contributed by atoms with E-state index in [4.69, 9.17) is 4.74 Å². The lowest BCUT2D eigenvalue weighted by Crippen LogP contribution is -2.40. The van der Waals surface area contributed by atoms with Crippen molar-refractivity contribution in [2.45, 2.75) is 26.0 Å². The van der Waals surface area contributed by atoms with E-state index in [1.165, 1.54) is 5.56 Å². The van der Waals surface area contributed by atoms with E-state index >= 15 is 0 Å². The van der Waals surface area contributed by atoms with Crippen LogP contribution in [0.4, 0.5) is 0 Å². The lowest BCUT2D eigenvalue weighted by molar-refractivity contribution is 0.0915. The summed E-state index contributed by atoms with van der Waals surface area (Å²) >= 11 is 0. The van der Waals surface area contributed by atoms with Gasteiger partial charge in [-0.15, -0.1) is 10.2 Å². The number of guanidine groups is 1. The molecule has 0 bridgehead atoms. The molecular formula is C18H26N6O. The van der Waals surface area contributed by atoms with E-state index in [1.807, 2.05) is 17.7 Å². The van der Waals surface area contributed by atoms with Crippen molar-refractivity contribution in [1.29, 1.82) is 0 Å². The number of nitrogens with one attached hydrogen (secondary N) is 2. The minimum atomic E-state index is 0.148. The summed E-state index contributed by atoms with van der Waals surface area (Å²) in [6.07, 6.45) is 2.89. The normalized spacial score (nSPS) is 20.6. The van der Waals surface area contributed by atoms with Gasteiger partial charge in [0.25, 0.3) is 0 Å². The van der Waals surface area contributed by atoms with E-state index in [1.54, 1.807) is 6.33 Å². The van der Waals surface area contributed by atoms with Crippen LogP contribution in [0.1, 0.15) is 30.8 Å². The predicted molar refractivity (Wildman–Crippen MR) is 97.1 cm³/mol. The Morgan fingerprint density at radius 3 is 2.88 bits per heavy atom. The number of hydrogen-bond acceptors (Lipinski definition) is 4. The van der Waals surface area contributed by atoms with Crippen LogP contribution < -0.4 is 10.6 Å². The summed E-state index contributed by atoms with van der Waals surface area (Å²) in [6, 6.07) is 10.4. The predicted octanol–water partition coefficient (Wildman–Crippen LogP) is 1.65. The highest BCUT2D eigenvalue weighted by Crippen LogP contribution is 2.33. The monoisotopic (exact) mass is 342 g/mol. The molecule has 1 aliphatic rings. The van der Waals surface area contributed by atoms with Gasteiger partial charge in [-0.1, -0.05) is 30.3 Å². The molecule has 2 aromatic rings. The number of nitrogens with zero attached hydrogens (tertiary/aromatic N) is 4. The van der Waals surface area contributed by atoms with Gasteiger partial charge in [-0.2, -0.15) is 0 Å². The van der Waals surface area contributed by atoms with E-state index in [2.05, 4.69) is 57.0 Å². The number of hydrogen-bond donors (Lipinski definition) is 2. The van der Waals surface area contributed by atoms with E-state index < -0.39 is 0 Å². The molecule has 3 rings (SSSR count). The minimum Gasteiger partial charge on any atom is -0.373 e. The number of aliphatic imine (C=N–C) groups is 1. The first kappa shape index (κ1) is 17.4. The Balaban J connectivity index is 1.60. The zero-order valence-corrected chi connectivity index (χ0v) is 14.9. The maximum atomic E-state index is 5.96. The fourth-order valence-electron chi connectivity index (χ4n) is 3.02. The molecule has 0 spiro atoms. The van der Waals surface area contributed by atoms with E-state index in [0.29, 0.717) is 12.5 Å². The van der Waals surface area contributed by atoms with E-state index in [-0.39, 0.29) is 6.10 Å². The second-order valence-electron chi connectivity index (χ2n) is 6.18. The van der Waals surface area contributed by atoms with Crippen molar-refractivity contribution in [3.8, 4) is 0 Å². The average Bonchev–Trinajstić information content (AvgIpc) is 3.27. The molecule has 2 N–H and O–H groups in total. The summed E-state index contributed by atoms with van der Waals surface area (Å²) in [4.78, 5) is 4.61. The highest BCUT2D eigenvalue weighted by atomic mass is 16.5. The Morgan fingerprint density at radius 1 is 1.32 bits per heavy atom. The zero-order chi connectivity index (χ0) is 17.5. The molecule has 1 aliphatic heterocycles. The molecule has 0 saturated carbocycles. The van der Waals surface area contributed by atoms with Crippen LogP contribution in [0.3, 0.4) is 0 Å². The van der Waals surface area contributed by atoms with E-state index in [0.717, 1.165) is 37.9 Å². The molecule has 7 nitrogen and oxygen atoms in total. The molecule has 0 radical (unpaired) electrons. The lowest BCUT2D eigenvalue weighted by Gasteiger charge is -2.20. The summed E-state index contributed by atoms with van der Waals surface area (Å²) in [5.41, 5.74) is 1.24. The zero-order valence-electron chi connectivity index (χ0n) is 14.9. The summed E-state index contributed by atoms with van der Waals surface area (Å²) in [6.45, 7) is 5.00. The summed E-state index contributed by atoms with van der Waals surface area (Å²) in [7, 11) is 1.92. The Labute approximate surface area is 148 Å². The van der Waals surface area contributed by atoms with Crippen molar-refractivity contribution >= 4 is 5.96 Å². The third kappa shape index (κ3) is 4.57. The Hall–Kier alpha value is -2.41. The number of benzene rings is 1. The van der Waals surface area contributed by atoms with Gasteiger partial charge >= 0.3 is 0 Å². The fourth-order valence-corrected chi connectivity index (χ4v) is 3.02. The largest absolute Gasteiger partial charge is 0.373 e. The van der Waals surface area contributed by atoms with Crippen LogP contribution in [0.25, 0.3) is 0 Å². The van der Waals surface area contributed by atoms with Crippen molar-refractivity contribution in [2.75, 3.05) is 19.7 Å². The third-order valence-electron chi connectivity index (χ3n) is 4.40. The second-order valence-corrected chi connectivity index (χ2v) is 6.18. The topological polar surface area (TPSA) is 76.4 Å². The van der Waals surface area contributed by atoms with Gasteiger partial charge in [0.1, 0.15) is 12.9 Å². The summed E-state index contributed by atoms with van der Waals surface area (Å²) in [5, 5.41) is 14.7. The molecule has 2 atom stereocenters. The van der Waals surface area contributed by atoms with Crippen LogP contribution in [0.2, 0.25) is 0 Å². The van der Waals surface area contributed by atoms with Gasteiger partial charge in [-0.3, -0.25) is 0 Å². The van der Waals surface area contributed by atoms with Crippen LogP contribution in [0.15, 0.2) is 41.7 Å². The fraction of sp³-hybridized carbons (Fsp3) is 0.500. The highest BCUT2D eigenvalue weighted by molar-refractivity contribution is 5.79. The number of ether oxygens (including phenoxy) is 1. The highest BCUT2D eigenvalue weighted by Gasteiger charge is 2.29. The first-order valence-corrected chi connectivity index (χ1v) is 8.79. The van der Waals surface area contributed by atoms with Crippen LogP contribution in [0, 0.1) is 5.92 Å². The molecular weight excluding hydrogens is 316 g/mol. The maximum Gasteiger partial charge on any atom is 0.191 e. The van der Waals surface area contributed by atoms with Gasteiger partial charge in [-0.05, 0) is 18.9 Å². The summed E-state index contributed by atoms with van der Waals surface area (Å²) in [5.74, 6) is 2.06. The van der Waals surface area contributed by atoms with Crippen LogP contribution >= 0.6 is 0 Å². The van der Waals surface area contributed by atoms with Gasteiger partial charge in [0.2, 0.25) is 0 Å². The Kier molecular flexibility index (Phi) is 6.00. The second kappa shape index (κ2) is 8.62. The minimum absolute atomic E-state index is 0.148. The molecule has 134 valence electrons. The molecule has 2 heterocycles. The average molecular weight is 342 g/mol. The van der Waals surface area contributed by atoms with Crippen LogP contribution in [-0.2, 0) is 18.3 Å². The molecule has 1 aromatic carbocycles. The smallest absolute Gasteiger partial charge is 0.191 e. The number of aromatic nitrogens is 3. The van der Waals surface area contributed by atoms with Crippen LogP contribution in [-0.4, -0.2) is 40.4 Å². The molecule has 7 heteroatoms. The van der Waals surface area contributed by atoms with E-state index in [9.17, 15) is 0 Å². The van der Waals surface area contributed by atoms with Crippen LogP contribution in [0.5, 0.6) is 0 Å². The van der Waals surface area contributed by atoms with Crippen molar-refractivity contribution in [2.24, 2.45) is 18.0 Å². The Bertz CT molecular complexity index is 684. The number of rotatable bonds is 6. The molecule has 0 amide bonds. The quantitative estimate of drug-likeness (QED) is 0.617. The SMILES string of the molecule is CCNC(=NCc1nncn1C)NCC1CCOC1c1ccccc1. The third-order valence-corrected chi connectivity index (χ3v) is 4.40. The molecule has 0 aliphatic carbocycles. The van der Waals surface area contributed by atoms with Gasteiger partial charge < -0.3 is 19.9 Å². The van der Waals surface area contributed by atoms with Gasteiger partial charge in [0.15, 0.2) is 11.8 Å². The van der Waals surface area contributed by atoms with Crippen molar-refractivity contribution in [3.05, 3.63) is 48.0 Å². The van der Waals surface area contributed by atoms with Crippen molar-refractivity contribution < 1.29 is 4.74 Å². The lowest BCUT2D eigenvalue weighted by atomic mass is 9.95. The first-order valence-electron chi connectivity index (χ1n) is 8.79. The van der Waals surface area contributed by atoms with Gasteiger partial charge in [0.05, 0.1) is 6.10 Å². The van der Waals surface area contributed by atoms with Crippen molar-refractivity contribution in [1.82, 2.24) is 25.4 Å². The molecule has 2 unspecified atom stereocenters. The molecule has 1 saturated heterocycles. The first-order chi connectivity index (χ1) is 12.3. The number of aryl methyl sites for hydroxylation is 1. The maximum absolute atomic E-state index is 5.96.